The standard InChI is InChI=1S/C12H22N5O14.ClH/c1-17(2,3)5-10(31-16(25)26)4-11(18)27-6-12(7-28-13(19)20,8-29-14(21)22)9-30-15(23)24;/h10H,4-9H2,1-3H3;1H/q+1;/p-1. The average Bonchev–Trinajstić information content (AvgIpc) is 2.58. The molecular formula is C12H22ClN5O14. The van der Waals surface area contributed by atoms with E-state index in [0.717, 1.165) is 0 Å². The number of esters is 1. The van der Waals surface area contributed by atoms with Gasteiger partial charge in [-0.1, -0.05) is 0 Å². The van der Waals surface area contributed by atoms with Gasteiger partial charge >= 0.3 is 5.97 Å². The zero-order chi connectivity index (χ0) is 24.2. The number of quaternary nitrogens is 1. The highest BCUT2D eigenvalue weighted by Gasteiger charge is 2.38. The summed E-state index contributed by atoms with van der Waals surface area (Å²) in [5.41, 5.74) is -2.03. The van der Waals surface area contributed by atoms with Gasteiger partial charge in [0.2, 0.25) is 0 Å². The molecule has 0 fully saturated rings. The topological polar surface area (TPSA) is 236 Å². The monoisotopic (exact) mass is 495 g/mol. The zero-order valence-corrected chi connectivity index (χ0v) is 17.9. The molecule has 0 heterocycles. The fourth-order valence-corrected chi connectivity index (χ4v) is 2.17. The highest BCUT2D eigenvalue weighted by Crippen LogP contribution is 2.22. The minimum Gasteiger partial charge on any atom is -1.00 e. The first kappa shape index (κ1) is 30.7. The van der Waals surface area contributed by atoms with Crippen LogP contribution in [0.15, 0.2) is 0 Å². The number of hydrogen-bond donors (Lipinski definition) is 0. The maximum Gasteiger partial charge on any atom is 0.308 e. The molecule has 19 nitrogen and oxygen atoms in total. The molecule has 1 unspecified atom stereocenters. The fraction of sp³-hybridized carbons (Fsp3) is 0.917. The molecule has 0 saturated carbocycles. The number of nitrogens with zero attached hydrogens (tertiary/aromatic N) is 5. The quantitative estimate of drug-likeness (QED) is 0.0804. The van der Waals surface area contributed by atoms with Crippen molar-refractivity contribution >= 4 is 5.97 Å². The first-order chi connectivity index (χ1) is 14.1. The lowest BCUT2D eigenvalue weighted by Crippen LogP contribution is -3.00. The van der Waals surface area contributed by atoms with Crippen molar-refractivity contribution in [2.45, 2.75) is 12.5 Å². The normalized spacial score (nSPS) is 11.8. The van der Waals surface area contributed by atoms with Crippen molar-refractivity contribution in [2.75, 3.05) is 54.1 Å². The molecule has 0 spiro atoms. The first-order valence-corrected chi connectivity index (χ1v) is 8.23. The summed E-state index contributed by atoms with van der Waals surface area (Å²) in [6, 6.07) is 0. The molecule has 0 radical (unpaired) electrons. The van der Waals surface area contributed by atoms with E-state index in [9.17, 15) is 45.3 Å². The molecule has 0 aliphatic carbocycles. The highest BCUT2D eigenvalue weighted by molar-refractivity contribution is 5.70. The summed E-state index contributed by atoms with van der Waals surface area (Å²) in [7, 11) is 5.02. The maximum absolute atomic E-state index is 12.1. The second-order valence-corrected chi connectivity index (χ2v) is 7.28. The van der Waals surface area contributed by atoms with E-state index in [1.165, 1.54) is 0 Å². The summed E-state index contributed by atoms with van der Waals surface area (Å²) < 4.78 is 5.06. The van der Waals surface area contributed by atoms with Crippen LogP contribution in [0.5, 0.6) is 0 Å². The lowest BCUT2D eigenvalue weighted by atomic mass is 9.92. The molecule has 186 valence electrons. The van der Waals surface area contributed by atoms with Crippen LogP contribution >= 0.6 is 0 Å². The molecular weight excluding hydrogens is 474 g/mol. The second-order valence-electron chi connectivity index (χ2n) is 7.28. The van der Waals surface area contributed by atoms with Crippen LogP contribution in [0.4, 0.5) is 0 Å². The predicted octanol–water partition coefficient (Wildman–Crippen LogP) is -4.18. The van der Waals surface area contributed by atoms with Gasteiger partial charge in [0.15, 0.2) is 6.10 Å². The van der Waals surface area contributed by atoms with Gasteiger partial charge in [0, 0.05) is 0 Å². The Morgan fingerprint density at radius 2 is 1.22 bits per heavy atom. The van der Waals surface area contributed by atoms with Crippen LogP contribution in [0, 0.1) is 45.9 Å². The zero-order valence-electron chi connectivity index (χ0n) is 17.1. The van der Waals surface area contributed by atoms with Gasteiger partial charge in [-0.05, 0) is 0 Å². The Bertz CT molecular complexity index is 625. The van der Waals surface area contributed by atoms with Crippen LogP contribution in [0.25, 0.3) is 0 Å². The summed E-state index contributed by atoms with van der Waals surface area (Å²) in [5.74, 6) is -1.09. The molecule has 32 heavy (non-hydrogen) atoms. The number of carbonyl (C=O) groups is 1. The minimum atomic E-state index is -2.03. The molecule has 0 aliphatic heterocycles. The van der Waals surface area contributed by atoms with Crippen LogP contribution in [0.2, 0.25) is 0 Å². The van der Waals surface area contributed by atoms with Crippen molar-refractivity contribution in [1.29, 1.82) is 0 Å². The first-order valence-electron chi connectivity index (χ1n) is 8.23. The number of hydrogen-bond acceptors (Lipinski definition) is 14. The van der Waals surface area contributed by atoms with Gasteiger partial charge < -0.3 is 41.0 Å². The van der Waals surface area contributed by atoms with E-state index in [-0.39, 0.29) is 23.4 Å². The van der Waals surface area contributed by atoms with E-state index >= 15 is 0 Å². The SMILES string of the molecule is C[N+](C)(C)CC(CC(=O)OCC(CO[N+](=O)[O-])(CO[N+](=O)[O-])CO[N+](=O)[O-])O[N+](=O)[O-].[Cl-]. The van der Waals surface area contributed by atoms with Crippen molar-refractivity contribution in [2.24, 2.45) is 5.41 Å². The largest absolute Gasteiger partial charge is 1.00 e. The van der Waals surface area contributed by atoms with Crippen LogP contribution in [-0.2, 0) is 28.9 Å². The molecule has 0 aromatic carbocycles. The lowest BCUT2D eigenvalue weighted by Gasteiger charge is -2.30. The molecule has 0 N–H and O–H groups in total. The van der Waals surface area contributed by atoms with Gasteiger partial charge in [0.1, 0.15) is 33.0 Å². The number of likely N-dealkylation sites (N-methyl/N-ethyl adjacent to an activating group) is 1. The van der Waals surface area contributed by atoms with Gasteiger partial charge in [0.25, 0.3) is 20.3 Å². The van der Waals surface area contributed by atoms with Gasteiger partial charge in [0.05, 0.1) is 33.0 Å². The van der Waals surface area contributed by atoms with Gasteiger partial charge in [-0.2, -0.15) is 0 Å². The highest BCUT2D eigenvalue weighted by atomic mass is 35.5. The van der Waals surface area contributed by atoms with E-state index in [0.29, 0.717) is 0 Å². The molecule has 1 atom stereocenters. The summed E-state index contributed by atoms with van der Waals surface area (Å²) >= 11 is 0. The molecule has 0 aromatic heterocycles. The third kappa shape index (κ3) is 15.4. The van der Waals surface area contributed by atoms with Crippen LogP contribution < -0.4 is 12.4 Å². The number of rotatable bonds is 17. The van der Waals surface area contributed by atoms with E-state index in [1.54, 1.807) is 21.1 Å². The Morgan fingerprint density at radius 1 is 0.812 bits per heavy atom. The Balaban J connectivity index is 0. The maximum atomic E-state index is 12.1. The fourth-order valence-electron chi connectivity index (χ4n) is 2.17. The third-order valence-corrected chi connectivity index (χ3v) is 3.35. The van der Waals surface area contributed by atoms with Gasteiger partial charge in [-0.15, -0.1) is 40.5 Å². The number of halogens is 1. The number of ether oxygens (including phenoxy) is 1. The summed E-state index contributed by atoms with van der Waals surface area (Å²) in [5, 5.41) is 37.1. The van der Waals surface area contributed by atoms with E-state index < -0.39 is 70.7 Å². The van der Waals surface area contributed by atoms with Crippen molar-refractivity contribution in [3.05, 3.63) is 40.5 Å². The summed E-state index contributed by atoms with van der Waals surface area (Å²) in [4.78, 5) is 71.0. The molecule has 0 saturated heterocycles. The van der Waals surface area contributed by atoms with Crippen molar-refractivity contribution in [1.82, 2.24) is 0 Å². The van der Waals surface area contributed by atoms with E-state index in [1.807, 2.05) is 0 Å². The van der Waals surface area contributed by atoms with E-state index in [4.69, 9.17) is 4.74 Å². The van der Waals surface area contributed by atoms with Crippen molar-refractivity contribution in [3.63, 3.8) is 0 Å². The Hall–Kier alpha value is -3.48. The van der Waals surface area contributed by atoms with E-state index in [2.05, 4.69) is 19.4 Å². The molecule has 0 rings (SSSR count). The van der Waals surface area contributed by atoms with Gasteiger partial charge in [-0.25, -0.2) is 0 Å². The Morgan fingerprint density at radius 3 is 1.53 bits per heavy atom. The summed E-state index contributed by atoms with van der Waals surface area (Å²) in [6.07, 6.45) is -1.86. The van der Waals surface area contributed by atoms with Crippen molar-refractivity contribution < 1.29 is 66.1 Å². The lowest BCUT2D eigenvalue weighted by molar-refractivity contribution is -0.885. The minimum absolute atomic E-state index is 0. The molecule has 0 amide bonds. The summed E-state index contributed by atoms with van der Waals surface area (Å²) in [6.45, 7) is -3.97. The number of carbonyl (C=O) groups excluding carboxylic acids is 1. The molecule has 0 bridgehead atoms. The average molecular weight is 496 g/mol. The van der Waals surface area contributed by atoms with Crippen LogP contribution in [0.3, 0.4) is 0 Å². The van der Waals surface area contributed by atoms with Crippen LogP contribution in [-0.4, -0.2) is 91.0 Å². The Labute approximate surface area is 185 Å². The third-order valence-electron chi connectivity index (χ3n) is 3.35. The molecule has 0 aliphatic rings. The molecule has 20 heteroatoms. The Kier molecular flexibility index (Phi) is 13.2. The smallest absolute Gasteiger partial charge is 0.308 e. The van der Waals surface area contributed by atoms with Crippen molar-refractivity contribution in [3.8, 4) is 0 Å². The predicted molar refractivity (Wildman–Crippen MR) is 91.6 cm³/mol. The second kappa shape index (κ2) is 13.7. The van der Waals surface area contributed by atoms with Crippen LogP contribution in [0.1, 0.15) is 6.42 Å². The molecule has 0 aromatic rings. The van der Waals surface area contributed by atoms with Gasteiger partial charge in [-0.3, -0.25) is 4.79 Å².